The number of benzene rings is 2. The molecule has 0 heterocycles. The molecular formula is C18H19NO4S. The summed E-state index contributed by atoms with van der Waals surface area (Å²) in [6, 6.07) is 17.7. The van der Waals surface area contributed by atoms with Gasteiger partial charge in [0.1, 0.15) is 0 Å². The molecule has 5 nitrogen and oxygen atoms in total. The van der Waals surface area contributed by atoms with E-state index in [1.54, 1.807) is 54.6 Å². The number of nitrogens with one attached hydrogen (secondary N) is 1. The van der Waals surface area contributed by atoms with E-state index in [9.17, 15) is 13.2 Å². The summed E-state index contributed by atoms with van der Waals surface area (Å²) in [6.45, 7) is 1.52. The van der Waals surface area contributed by atoms with E-state index >= 15 is 0 Å². The van der Waals surface area contributed by atoms with E-state index in [-0.39, 0.29) is 0 Å². The highest BCUT2D eigenvalue weighted by Crippen LogP contribution is 2.25. The second kappa shape index (κ2) is 7.42. The summed E-state index contributed by atoms with van der Waals surface area (Å²) >= 11 is 0. The molecule has 1 unspecified atom stereocenters. The van der Waals surface area contributed by atoms with Crippen LogP contribution < -0.4 is 4.72 Å². The van der Waals surface area contributed by atoms with Gasteiger partial charge in [-0.05, 0) is 24.1 Å². The smallest absolute Gasteiger partial charge is 0.270 e. The third-order valence-electron chi connectivity index (χ3n) is 3.64. The van der Waals surface area contributed by atoms with Crippen molar-refractivity contribution in [3.8, 4) is 0 Å². The fourth-order valence-corrected chi connectivity index (χ4v) is 2.95. The van der Waals surface area contributed by atoms with Crippen LogP contribution in [-0.2, 0) is 25.2 Å². The number of sulfonamides is 1. The first-order valence-electron chi connectivity index (χ1n) is 7.28. The van der Waals surface area contributed by atoms with Gasteiger partial charge in [0.25, 0.3) is 15.9 Å². The van der Waals surface area contributed by atoms with Gasteiger partial charge in [-0.1, -0.05) is 60.7 Å². The van der Waals surface area contributed by atoms with Crippen LogP contribution in [0, 0.1) is 0 Å². The van der Waals surface area contributed by atoms with Gasteiger partial charge in [-0.3, -0.25) is 4.79 Å². The number of ether oxygens (including phenoxy) is 1. The molecule has 1 atom stereocenters. The van der Waals surface area contributed by atoms with Gasteiger partial charge in [0.15, 0.2) is 5.60 Å². The molecular weight excluding hydrogens is 326 g/mol. The Labute approximate surface area is 142 Å². The maximum absolute atomic E-state index is 12.5. The van der Waals surface area contributed by atoms with Crippen LogP contribution in [-0.4, -0.2) is 21.4 Å². The fraction of sp³-hybridized carbons (Fsp3) is 0.167. The first kappa shape index (κ1) is 17.9. The second-order valence-electron chi connectivity index (χ2n) is 5.29. The van der Waals surface area contributed by atoms with E-state index in [1.165, 1.54) is 20.1 Å². The van der Waals surface area contributed by atoms with Gasteiger partial charge in [-0.2, -0.15) is 0 Å². The number of rotatable bonds is 6. The van der Waals surface area contributed by atoms with Crippen LogP contribution in [0.3, 0.4) is 0 Å². The average Bonchev–Trinajstić information content (AvgIpc) is 2.60. The van der Waals surface area contributed by atoms with E-state index in [0.29, 0.717) is 11.1 Å². The summed E-state index contributed by atoms with van der Waals surface area (Å²) < 4.78 is 31.6. The molecule has 2 rings (SSSR count). The molecule has 2 aromatic rings. The molecule has 0 aromatic heterocycles. The van der Waals surface area contributed by atoms with Crippen molar-refractivity contribution in [1.82, 2.24) is 4.72 Å². The predicted molar refractivity (Wildman–Crippen MR) is 93.3 cm³/mol. The zero-order valence-corrected chi connectivity index (χ0v) is 14.3. The molecule has 1 N–H and O–H groups in total. The lowest BCUT2D eigenvalue weighted by Gasteiger charge is -2.26. The second-order valence-corrected chi connectivity index (χ2v) is 6.86. The number of carbonyl (C=O) groups is 1. The molecule has 0 radical (unpaired) electrons. The Morgan fingerprint density at radius 2 is 1.58 bits per heavy atom. The molecule has 0 fully saturated rings. The minimum Gasteiger partial charge on any atom is -0.364 e. The fourth-order valence-electron chi connectivity index (χ4n) is 2.09. The van der Waals surface area contributed by atoms with Crippen molar-refractivity contribution in [3.63, 3.8) is 0 Å². The third-order valence-corrected chi connectivity index (χ3v) is 4.60. The molecule has 0 aliphatic carbocycles. The van der Waals surface area contributed by atoms with Gasteiger partial charge in [-0.15, -0.1) is 0 Å². The first-order chi connectivity index (χ1) is 11.4. The van der Waals surface area contributed by atoms with E-state index < -0.39 is 21.5 Å². The zero-order chi connectivity index (χ0) is 17.6. The predicted octanol–water partition coefficient (Wildman–Crippen LogP) is 2.67. The van der Waals surface area contributed by atoms with E-state index in [1.807, 2.05) is 10.8 Å². The van der Waals surface area contributed by atoms with E-state index in [2.05, 4.69) is 0 Å². The number of carbonyl (C=O) groups excluding carboxylic acids is 1. The Morgan fingerprint density at radius 3 is 2.12 bits per heavy atom. The zero-order valence-electron chi connectivity index (χ0n) is 13.5. The summed E-state index contributed by atoms with van der Waals surface area (Å²) in [7, 11) is -2.58. The molecule has 0 aliphatic heterocycles. The van der Waals surface area contributed by atoms with Crippen LogP contribution in [0.15, 0.2) is 66.1 Å². The maximum atomic E-state index is 12.5. The Kier molecular flexibility index (Phi) is 5.54. The first-order valence-corrected chi connectivity index (χ1v) is 8.83. The van der Waals surface area contributed by atoms with Crippen LogP contribution in [0.5, 0.6) is 0 Å². The minimum atomic E-state index is -3.94. The Balaban J connectivity index is 2.19. The number of hydrogen-bond donors (Lipinski definition) is 1. The molecule has 0 bridgehead atoms. The standard InChI is InChI=1S/C18H19NO4S/c1-18(23-2,16-11-7-4-8-12-16)17(20)19-24(21,22)14-13-15-9-5-3-6-10-15/h3-14H,1-2H3,(H,19,20). The molecule has 126 valence electrons. The molecule has 24 heavy (non-hydrogen) atoms. The van der Waals surface area contributed by atoms with E-state index in [4.69, 9.17) is 4.74 Å². The number of amides is 1. The van der Waals surface area contributed by atoms with Gasteiger partial charge in [0.2, 0.25) is 0 Å². The lowest BCUT2D eigenvalue weighted by Crippen LogP contribution is -2.45. The lowest BCUT2D eigenvalue weighted by molar-refractivity contribution is -0.140. The largest absolute Gasteiger partial charge is 0.364 e. The van der Waals surface area contributed by atoms with Crippen LogP contribution in [0.1, 0.15) is 18.1 Å². The Morgan fingerprint density at radius 1 is 1.04 bits per heavy atom. The molecule has 0 saturated heterocycles. The van der Waals surface area contributed by atoms with Crippen molar-refractivity contribution in [2.75, 3.05) is 7.11 Å². The van der Waals surface area contributed by atoms with E-state index in [0.717, 1.165) is 5.41 Å². The SMILES string of the molecule is COC(C)(C(=O)NS(=O)(=O)C=Cc1ccccc1)c1ccccc1. The Bertz CT molecular complexity index is 817. The monoisotopic (exact) mass is 345 g/mol. The van der Waals surface area contributed by atoms with Crippen LogP contribution in [0.2, 0.25) is 0 Å². The van der Waals surface area contributed by atoms with Crippen molar-refractivity contribution < 1.29 is 17.9 Å². The summed E-state index contributed by atoms with van der Waals surface area (Å²) in [6.07, 6.45) is 1.42. The molecule has 0 saturated carbocycles. The number of hydrogen-bond acceptors (Lipinski definition) is 4. The Hall–Kier alpha value is -2.44. The molecule has 0 aliphatic rings. The molecule has 6 heteroatoms. The van der Waals surface area contributed by atoms with Gasteiger partial charge < -0.3 is 4.74 Å². The van der Waals surface area contributed by atoms with Crippen LogP contribution >= 0.6 is 0 Å². The summed E-state index contributed by atoms with van der Waals surface area (Å²) in [5.41, 5.74) is -0.130. The van der Waals surface area contributed by atoms with Crippen molar-refractivity contribution in [2.45, 2.75) is 12.5 Å². The highest BCUT2D eigenvalue weighted by atomic mass is 32.2. The average molecular weight is 345 g/mol. The topological polar surface area (TPSA) is 72.5 Å². The van der Waals surface area contributed by atoms with Gasteiger partial charge >= 0.3 is 0 Å². The number of methoxy groups -OCH3 is 1. The van der Waals surface area contributed by atoms with Crippen molar-refractivity contribution >= 4 is 22.0 Å². The van der Waals surface area contributed by atoms with Gasteiger partial charge in [0, 0.05) is 7.11 Å². The van der Waals surface area contributed by atoms with Crippen molar-refractivity contribution in [3.05, 3.63) is 77.2 Å². The van der Waals surface area contributed by atoms with Gasteiger partial charge in [0.05, 0.1) is 5.41 Å². The summed E-state index contributed by atoms with van der Waals surface area (Å²) in [5, 5.41) is 0.960. The third kappa shape index (κ3) is 4.31. The normalized spacial score (nSPS) is 14.2. The van der Waals surface area contributed by atoms with Crippen LogP contribution in [0.4, 0.5) is 0 Å². The lowest BCUT2D eigenvalue weighted by atomic mass is 9.95. The highest BCUT2D eigenvalue weighted by molar-refractivity contribution is 7.93. The summed E-state index contributed by atoms with van der Waals surface area (Å²) in [5.74, 6) is -0.756. The molecule has 2 aromatic carbocycles. The minimum absolute atomic E-state index is 0.562. The molecule has 1 amide bonds. The maximum Gasteiger partial charge on any atom is 0.270 e. The van der Waals surface area contributed by atoms with Crippen molar-refractivity contribution in [1.29, 1.82) is 0 Å². The van der Waals surface area contributed by atoms with Crippen molar-refractivity contribution in [2.24, 2.45) is 0 Å². The molecule has 0 spiro atoms. The van der Waals surface area contributed by atoms with Gasteiger partial charge in [-0.25, -0.2) is 13.1 Å². The quantitative estimate of drug-likeness (QED) is 0.874. The summed E-state index contributed by atoms with van der Waals surface area (Å²) in [4.78, 5) is 12.5. The van der Waals surface area contributed by atoms with Crippen LogP contribution in [0.25, 0.3) is 6.08 Å². The highest BCUT2D eigenvalue weighted by Gasteiger charge is 2.37.